The fourth-order valence-corrected chi connectivity index (χ4v) is 6.86. The largest absolute Gasteiger partial charge is 0.344 e. The van der Waals surface area contributed by atoms with Crippen LogP contribution in [0.25, 0.3) is 0 Å². The van der Waals surface area contributed by atoms with Crippen molar-refractivity contribution in [3.05, 3.63) is 48.6 Å². The highest BCUT2D eigenvalue weighted by Gasteiger charge is 2.47. The average Bonchev–Trinajstić information content (AvgIpc) is 3.37. The lowest BCUT2D eigenvalue weighted by Crippen LogP contribution is -2.33. The van der Waals surface area contributed by atoms with Gasteiger partial charge in [-0.15, -0.1) is 0 Å². The van der Waals surface area contributed by atoms with Crippen molar-refractivity contribution in [3.63, 3.8) is 0 Å². The SMILES string of the molecule is CCCCCC=CCC=CCCCCCCCC1OC2(CCCCC2)OC1CCCCCCCC=CCC=CCCCCC. The van der Waals surface area contributed by atoms with Crippen molar-refractivity contribution < 1.29 is 9.47 Å². The topological polar surface area (TPSA) is 18.5 Å². The smallest absolute Gasteiger partial charge is 0.169 e. The molecule has 2 unspecified atom stereocenters. The molecule has 44 heavy (non-hydrogen) atoms. The van der Waals surface area contributed by atoms with Crippen LogP contribution >= 0.6 is 0 Å². The minimum Gasteiger partial charge on any atom is -0.344 e. The van der Waals surface area contributed by atoms with E-state index in [9.17, 15) is 0 Å². The molecule has 2 nitrogen and oxygen atoms in total. The Morgan fingerprint density at radius 1 is 0.432 bits per heavy atom. The molecule has 0 aromatic rings. The summed E-state index contributed by atoms with van der Waals surface area (Å²) in [6.45, 7) is 4.54. The van der Waals surface area contributed by atoms with Gasteiger partial charge in [0.1, 0.15) is 0 Å². The standard InChI is InChI=1S/C42H74O2/c1-3-5-7-9-11-13-15-17-19-21-23-25-27-29-32-36-40-41(44-42(43-40)38-34-31-35-39-42)37-33-30-28-26-24-22-20-18-16-14-12-10-8-6-4-2/h11-14,17-20,40-41H,3-10,15-16,21-39H2,1-2H3. The summed E-state index contributed by atoms with van der Waals surface area (Å²) in [6.07, 6.45) is 56.6. The lowest BCUT2D eigenvalue weighted by Gasteiger charge is -2.32. The van der Waals surface area contributed by atoms with Gasteiger partial charge in [0.2, 0.25) is 0 Å². The van der Waals surface area contributed by atoms with Gasteiger partial charge in [-0.25, -0.2) is 0 Å². The van der Waals surface area contributed by atoms with Gasteiger partial charge in [-0.05, 0) is 89.9 Å². The Labute approximate surface area is 275 Å². The quantitative estimate of drug-likeness (QED) is 0.0648. The van der Waals surface area contributed by atoms with Crippen LogP contribution in [0.1, 0.15) is 200 Å². The van der Waals surface area contributed by atoms with Crippen molar-refractivity contribution in [1.29, 1.82) is 0 Å². The zero-order valence-electron chi connectivity index (χ0n) is 29.6. The molecule has 1 aliphatic carbocycles. The van der Waals surface area contributed by atoms with Gasteiger partial charge in [0.15, 0.2) is 5.79 Å². The van der Waals surface area contributed by atoms with Crippen molar-refractivity contribution in [1.82, 2.24) is 0 Å². The summed E-state index contributed by atoms with van der Waals surface area (Å²) in [7, 11) is 0. The zero-order valence-corrected chi connectivity index (χ0v) is 29.6. The summed E-state index contributed by atoms with van der Waals surface area (Å²) in [5.41, 5.74) is 0. The van der Waals surface area contributed by atoms with Gasteiger partial charge in [-0.2, -0.15) is 0 Å². The van der Waals surface area contributed by atoms with E-state index < -0.39 is 0 Å². The molecule has 1 heterocycles. The third-order valence-electron chi connectivity index (χ3n) is 9.64. The first-order valence-corrected chi connectivity index (χ1v) is 19.8. The van der Waals surface area contributed by atoms with Gasteiger partial charge in [0.05, 0.1) is 12.2 Å². The van der Waals surface area contributed by atoms with Gasteiger partial charge in [-0.3, -0.25) is 0 Å². The Bertz CT molecular complexity index is 685. The van der Waals surface area contributed by atoms with Gasteiger partial charge in [-0.1, -0.05) is 146 Å². The second-order valence-electron chi connectivity index (χ2n) is 13.8. The number of unbranched alkanes of at least 4 members (excludes halogenated alkanes) is 16. The van der Waals surface area contributed by atoms with Crippen molar-refractivity contribution >= 4 is 0 Å². The van der Waals surface area contributed by atoms with E-state index in [1.807, 2.05) is 0 Å². The first-order chi connectivity index (χ1) is 21.8. The average molecular weight is 611 g/mol. The van der Waals surface area contributed by atoms with Crippen molar-refractivity contribution in [2.75, 3.05) is 0 Å². The molecule has 1 spiro atoms. The number of rotatable bonds is 28. The van der Waals surface area contributed by atoms with E-state index in [0.717, 1.165) is 25.7 Å². The van der Waals surface area contributed by atoms with E-state index in [1.165, 1.54) is 161 Å². The predicted octanol–water partition coefficient (Wildman–Crippen LogP) is 14.1. The van der Waals surface area contributed by atoms with E-state index in [-0.39, 0.29) is 5.79 Å². The zero-order chi connectivity index (χ0) is 31.2. The van der Waals surface area contributed by atoms with Gasteiger partial charge in [0.25, 0.3) is 0 Å². The highest BCUT2D eigenvalue weighted by atomic mass is 16.8. The van der Waals surface area contributed by atoms with Crippen LogP contribution in [-0.4, -0.2) is 18.0 Å². The van der Waals surface area contributed by atoms with Crippen LogP contribution in [0.2, 0.25) is 0 Å². The maximum atomic E-state index is 6.75. The van der Waals surface area contributed by atoms with Crippen LogP contribution < -0.4 is 0 Å². The summed E-state index contributed by atoms with van der Waals surface area (Å²) in [6, 6.07) is 0. The third-order valence-corrected chi connectivity index (χ3v) is 9.64. The second-order valence-corrected chi connectivity index (χ2v) is 13.8. The highest BCUT2D eigenvalue weighted by Crippen LogP contribution is 2.43. The van der Waals surface area contributed by atoms with Crippen molar-refractivity contribution in [2.45, 2.75) is 218 Å². The van der Waals surface area contributed by atoms with E-state index >= 15 is 0 Å². The Morgan fingerprint density at radius 3 is 1.20 bits per heavy atom. The lowest BCUT2D eigenvalue weighted by atomic mass is 9.94. The van der Waals surface area contributed by atoms with Crippen molar-refractivity contribution in [2.24, 2.45) is 0 Å². The molecule has 1 saturated carbocycles. The number of hydrogen-bond acceptors (Lipinski definition) is 2. The van der Waals surface area contributed by atoms with E-state index in [4.69, 9.17) is 9.47 Å². The molecule has 0 N–H and O–H groups in total. The maximum absolute atomic E-state index is 6.75. The Kier molecular flexibility index (Phi) is 25.0. The molecule has 2 aliphatic rings. The van der Waals surface area contributed by atoms with Gasteiger partial charge >= 0.3 is 0 Å². The molecule has 1 aliphatic heterocycles. The first kappa shape index (κ1) is 39.1. The third kappa shape index (κ3) is 20.1. The predicted molar refractivity (Wildman–Crippen MR) is 194 cm³/mol. The molecular weight excluding hydrogens is 536 g/mol. The molecule has 0 amide bonds. The fourth-order valence-electron chi connectivity index (χ4n) is 6.86. The molecule has 2 heteroatoms. The Hall–Kier alpha value is -1.12. The minimum atomic E-state index is -0.234. The first-order valence-electron chi connectivity index (χ1n) is 19.8. The highest BCUT2D eigenvalue weighted by molar-refractivity contribution is 4.94. The summed E-state index contributed by atoms with van der Waals surface area (Å²) in [4.78, 5) is 0. The molecule has 0 aromatic heterocycles. The molecule has 2 atom stereocenters. The minimum absolute atomic E-state index is 0.234. The summed E-state index contributed by atoms with van der Waals surface area (Å²) in [5.74, 6) is -0.234. The Balaban J connectivity index is 1.51. The van der Waals surface area contributed by atoms with Crippen LogP contribution in [0.5, 0.6) is 0 Å². The van der Waals surface area contributed by atoms with Crippen LogP contribution in [0.15, 0.2) is 48.6 Å². The lowest BCUT2D eigenvalue weighted by molar-refractivity contribution is -0.194. The van der Waals surface area contributed by atoms with Crippen LogP contribution in [0.4, 0.5) is 0 Å². The molecule has 1 saturated heterocycles. The monoisotopic (exact) mass is 611 g/mol. The molecular formula is C42H74O2. The summed E-state index contributed by atoms with van der Waals surface area (Å²) >= 11 is 0. The normalized spacial score (nSPS) is 20.5. The van der Waals surface area contributed by atoms with Gasteiger partial charge < -0.3 is 9.47 Å². The summed E-state index contributed by atoms with van der Waals surface area (Å²) in [5, 5.41) is 0. The molecule has 2 fully saturated rings. The van der Waals surface area contributed by atoms with E-state index in [2.05, 4.69) is 62.5 Å². The number of ether oxygens (including phenoxy) is 2. The fraction of sp³-hybridized carbons (Fsp3) is 0.810. The Morgan fingerprint density at radius 2 is 0.795 bits per heavy atom. The molecule has 0 radical (unpaired) electrons. The second kappa shape index (κ2) is 28.1. The van der Waals surface area contributed by atoms with Crippen molar-refractivity contribution in [3.8, 4) is 0 Å². The van der Waals surface area contributed by atoms with E-state index in [1.54, 1.807) is 0 Å². The van der Waals surface area contributed by atoms with Crippen LogP contribution in [0.3, 0.4) is 0 Å². The van der Waals surface area contributed by atoms with Crippen LogP contribution in [-0.2, 0) is 9.47 Å². The molecule has 2 rings (SSSR count). The van der Waals surface area contributed by atoms with E-state index in [0.29, 0.717) is 12.2 Å². The maximum Gasteiger partial charge on any atom is 0.169 e. The molecule has 254 valence electrons. The van der Waals surface area contributed by atoms with Gasteiger partial charge in [0, 0.05) is 12.8 Å². The molecule has 0 bridgehead atoms. The number of allylic oxidation sites excluding steroid dienone is 8. The molecule has 0 aromatic carbocycles. The number of hydrogen-bond donors (Lipinski definition) is 0. The summed E-state index contributed by atoms with van der Waals surface area (Å²) < 4.78 is 13.5. The van der Waals surface area contributed by atoms with Crippen LogP contribution in [0, 0.1) is 0 Å².